The monoisotopic (exact) mass is 498 g/mol. The smallest absolute Gasteiger partial charge is 0.312 e. The Balaban J connectivity index is 1.54. The van der Waals surface area contributed by atoms with Crippen molar-refractivity contribution in [3.63, 3.8) is 0 Å². The molecule has 5 rings (SSSR count). The summed E-state index contributed by atoms with van der Waals surface area (Å²) in [6.45, 7) is 21.9. The lowest BCUT2D eigenvalue weighted by molar-refractivity contribution is -0.248. The molecule has 3 heteroatoms. The van der Waals surface area contributed by atoms with Gasteiger partial charge in [0.15, 0.2) is 0 Å². The van der Waals surface area contributed by atoms with E-state index in [2.05, 4.69) is 55.0 Å². The molecular formula is C33H54O3. The number of ether oxygens (including phenoxy) is 1. The minimum atomic E-state index is -0.301. The molecule has 36 heavy (non-hydrogen) atoms. The van der Waals surface area contributed by atoms with Gasteiger partial charge in [-0.25, -0.2) is 0 Å². The van der Waals surface area contributed by atoms with Crippen LogP contribution in [0.3, 0.4) is 0 Å². The third-order valence-electron chi connectivity index (χ3n) is 13.9. The molecule has 10 atom stereocenters. The number of esters is 1. The summed E-state index contributed by atoms with van der Waals surface area (Å²) in [6.07, 6.45) is 12.0. The van der Waals surface area contributed by atoms with Crippen molar-refractivity contribution in [2.75, 3.05) is 6.61 Å². The minimum Gasteiger partial charge on any atom is -0.465 e. The van der Waals surface area contributed by atoms with Crippen molar-refractivity contribution < 1.29 is 14.6 Å². The first-order valence-electron chi connectivity index (χ1n) is 15.3. The molecule has 0 aromatic rings. The minimum absolute atomic E-state index is 0.00661. The van der Waals surface area contributed by atoms with Gasteiger partial charge in [-0.05, 0) is 129 Å². The van der Waals surface area contributed by atoms with E-state index in [4.69, 9.17) is 4.74 Å². The Labute approximate surface area is 221 Å². The zero-order chi connectivity index (χ0) is 26.3. The molecule has 1 N–H and O–H groups in total. The van der Waals surface area contributed by atoms with E-state index in [0.29, 0.717) is 41.6 Å². The Kier molecular flexibility index (Phi) is 6.38. The van der Waals surface area contributed by atoms with Crippen molar-refractivity contribution >= 4 is 5.97 Å². The van der Waals surface area contributed by atoms with E-state index in [1.165, 1.54) is 31.3 Å². The van der Waals surface area contributed by atoms with Crippen molar-refractivity contribution in [2.24, 2.45) is 56.7 Å². The maximum atomic E-state index is 13.7. The van der Waals surface area contributed by atoms with Gasteiger partial charge in [-0.15, -0.1) is 0 Å². The predicted molar refractivity (Wildman–Crippen MR) is 146 cm³/mol. The van der Waals surface area contributed by atoms with Crippen LogP contribution >= 0.6 is 0 Å². The third kappa shape index (κ3) is 3.29. The summed E-state index contributed by atoms with van der Waals surface area (Å²) in [6, 6.07) is 0. The van der Waals surface area contributed by atoms with Crippen LogP contribution in [-0.2, 0) is 9.53 Å². The number of aliphatic hydroxyl groups excluding tert-OH is 1. The highest BCUT2D eigenvalue weighted by atomic mass is 16.5. The van der Waals surface area contributed by atoms with E-state index in [1.54, 1.807) is 0 Å². The topological polar surface area (TPSA) is 46.5 Å². The molecule has 0 amide bonds. The summed E-state index contributed by atoms with van der Waals surface area (Å²) in [4.78, 5) is 13.7. The molecule has 0 saturated heterocycles. The molecular weight excluding hydrogens is 444 g/mol. The second kappa shape index (κ2) is 8.59. The molecule has 5 aliphatic carbocycles. The lowest BCUT2D eigenvalue weighted by Gasteiger charge is -2.72. The van der Waals surface area contributed by atoms with E-state index in [-0.39, 0.29) is 33.7 Å². The lowest BCUT2D eigenvalue weighted by atomic mass is 9.32. The van der Waals surface area contributed by atoms with Crippen LogP contribution < -0.4 is 0 Å². The standard InChI is InChI=1S/C33H54O3/c1-9-20-36-28(35)33-17-12-22(21(2)3)27(33)23-10-11-25-30(6)15-14-26(34)29(4,5)24(30)13-16-32(25,8)31(23,7)18-19-33/h22-27,34H,2,9-20H2,1,3-8H3. The molecule has 0 bridgehead atoms. The first-order valence-corrected chi connectivity index (χ1v) is 15.3. The third-order valence-corrected chi connectivity index (χ3v) is 13.9. The van der Waals surface area contributed by atoms with Gasteiger partial charge < -0.3 is 9.84 Å². The highest BCUT2D eigenvalue weighted by Crippen LogP contribution is 2.77. The van der Waals surface area contributed by atoms with Crippen molar-refractivity contribution in [3.8, 4) is 0 Å². The molecule has 10 unspecified atom stereocenters. The zero-order valence-electron chi connectivity index (χ0n) is 24.4. The van der Waals surface area contributed by atoms with Gasteiger partial charge in [-0.2, -0.15) is 0 Å². The number of allylic oxidation sites excluding steroid dienone is 1. The van der Waals surface area contributed by atoms with Crippen molar-refractivity contribution in [1.82, 2.24) is 0 Å². The van der Waals surface area contributed by atoms with E-state index >= 15 is 0 Å². The average Bonchev–Trinajstić information content (AvgIpc) is 3.22. The Morgan fingerprint density at radius 2 is 1.61 bits per heavy atom. The van der Waals surface area contributed by atoms with Crippen LogP contribution in [0.1, 0.15) is 119 Å². The Hall–Kier alpha value is -0.830. The highest BCUT2D eigenvalue weighted by Gasteiger charge is 2.72. The molecule has 5 saturated carbocycles. The van der Waals surface area contributed by atoms with Gasteiger partial charge in [0, 0.05) is 0 Å². The molecule has 0 aliphatic heterocycles. The van der Waals surface area contributed by atoms with Crippen molar-refractivity contribution in [3.05, 3.63) is 12.2 Å². The molecule has 3 nitrogen and oxygen atoms in total. The normalized spacial score (nSPS) is 51.3. The fraction of sp³-hybridized carbons (Fsp3) is 0.909. The Morgan fingerprint density at radius 3 is 2.28 bits per heavy atom. The van der Waals surface area contributed by atoms with Crippen LogP contribution in [0.4, 0.5) is 0 Å². The van der Waals surface area contributed by atoms with Gasteiger partial charge in [-0.3, -0.25) is 4.79 Å². The summed E-state index contributed by atoms with van der Waals surface area (Å²) in [7, 11) is 0. The maximum Gasteiger partial charge on any atom is 0.312 e. The summed E-state index contributed by atoms with van der Waals surface area (Å²) < 4.78 is 5.94. The first kappa shape index (κ1) is 26.8. The molecule has 0 aromatic carbocycles. The van der Waals surface area contributed by atoms with Gasteiger partial charge in [-0.1, -0.05) is 53.7 Å². The second-order valence-electron chi connectivity index (χ2n) is 15.4. The SMILES string of the molecule is C=C(C)C1CCC2(C(=O)OCCC)CCC3(C)C(CCC4C5(C)CCC(O)C(C)(C)C5CCC43C)C12. The van der Waals surface area contributed by atoms with E-state index in [1.807, 2.05) is 0 Å². The van der Waals surface area contributed by atoms with Crippen LogP contribution in [0.2, 0.25) is 0 Å². The quantitative estimate of drug-likeness (QED) is 0.316. The van der Waals surface area contributed by atoms with Gasteiger partial charge in [0.25, 0.3) is 0 Å². The van der Waals surface area contributed by atoms with E-state index in [9.17, 15) is 9.90 Å². The second-order valence-corrected chi connectivity index (χ2v) is 15.4. The summed E-state index contributed by atoms with van der Waals surface area (Å²) in [5.74, 6) is 2.78. The summed E-state index contributed by atoms with van der Waals surface area (Å²) in [5, 5.41) is 11.0. The van der Waals surface area contributed by atoms with Crippen LogP contribution in [0.5, 0.6) is 0 Å². The van der Waals surface area contributed by atoms with Crippen LogP contribution in [0.25, 0.3) is 0 Å². The molecule has 5 aliphatic rings. The number of carbonyl (C=O) groups excluding carboxylic acids is 1. The van der Waals surface area contributed by atoms with Gasteiger partial charge in [0.2, 0.25) is 0 Å². The number of hydrogen-bond acceptors (Lipinski definition) is 3. The summed E-state index contributed by atoms with van der Waals surface area (Å²) in [5.41, 5.74) is 1.78. The van der Waals surface area contributed by atoms with Gasteiger partial charge in [0.1, 0.15) is 0 Å². The molecule has 5 fully saturated rings. The van der Waals surface area contributed by atoms with Crippen molar-refractivity contribution in [2.45, 2.75) is 125 Å². The predicted octanol–water partition coefficient (Wildman–Crippen LogP) is 7.96. The molecule has 0 spiro atoms. The Bertz CT molecular complexity index is 907. The first-order chi connectivity index (χ1) is 16.8. The number of rotatable bonds is 4. The Morgan fingerprint density at radius 1 is 0.889 bits per heavy atom. The molecule has 0 radical (unpaired) electrons. The fourth-order valence-corrected chi connectivity index (χ4v) is 11.8. The van der Waals surface area contributed by atoms with Crippen LogP contribution in [0.15, 0.2) is 12.2 Å². The van der Waals surface area contributed by atoms with E-state index < -0.39 is 0 Å². The van der Waals surface area contributed by atoms with E-state index in [0.717, 1.165) is 44.9 Å². The fourth-order valence-electron chi connectivity index (χ4n) is 11.8. The largest absolute Gasteiger partial charge is 0.465 e. The highest BCUT2D eigenvalue weighted by molar-refractivity contribution is 5.78. The zero-order valence-corrected chi connectivity index (χ0v) is 24.4. The lowest BCUT2D eigenvalue weighted by Crippen LogP contribution is -2.67. The number of hydrogen-bond donors (Lipinski definition) is 1. The number of fused-ring (bicyclic) bond motifs is 7. The number of aliphatic hydroxyl groups is 1. The summed E-state index contributed by atoms with van der Waals surface area (Å²) >= 11 is 0. The maximum absolute atomic E-state index is 13.7. The average molecular weight is 499 g/mol. The van der Waals surface area contributed by atoms with Crippen molar-refractivity contribution in [1.29, 1.82) is 0 Å². The molecule has 0 heterocycles. The van der Waals surface area contributed by atoms with Crippen LogP contribution in [0, 0.1) is 56.7 Å². The molecule has 0 aromatic heterocycles. The van der Waals surface area contributed by atoms with Gasteiger partial charge in [0.05, 0.1) is 18.1 Å². The molecule has 204 valence electrons. The van der Waals surface area contributed by atoms with Gasteiger partial charge >= 0.3 is 5.97 Å². The number of carbonyl (C=O) groups is 1. The van der Waals surface area contributed by atoms with Crippen LogP contribution in [-0.4, -0.2) is 23.8 Å².